The Balaban J connectivity index is 3.81. The first-order valence-electron chi connectivity index (χ1n) is 5.91. The van der Waals surface area contributed by atoms with Crippen LogP contribution in [-0.2, 0) is 32.7 Å². The van der Waals surface area contributed by atoms with Crippen molar-refractivity contribution in [3.05, 3.63) is 24.3 Å². The number of esters is 2. The van der Waals surface area contributed by atoms with E-state index < -0.39 is 19.8 Å². The lowest BCUT2D eigenvalue weighted by Gasteiger charge is -2.22. The highest BCUT2D eigenvalue weighted by molar-refractivity contribution is 7.45. The Morgan fingerprint density at radius 1 is 0.905 bits per heavy atom. The molecule has 0 saturated heterocycles. The van der Waals surface area contributed by atoms with Gasteiger partial charge in [-0.25, -0.2) is 9.59 Å². The summed E-state index contributed by atoms with van der Waals surface area (Å²) in [5, 5.41) is 0. The lowest BCUT2D eigenvalue weighted by molar-refractivity contribution is -0.227. The van der Waals surface area contributed by atoms with Crippen LogP contribution in [0.25, 0.3) is 0 Å². The Morgan fingerprint density at radius 3 is 1.52 bits per heavy atom. The third-order valence-corrected chi connectivity index (χ3v) is 2.83. The van der Waals surface area contributed by atoms with E-state index in [2.05, 4.69) is 31.7 Å². The molecule has 8 nitrogen and oxygen atoms in total. The third-order valence-electron chi connectivity index (χ3n) is 1.83. The van der Waals surface area contributed by atoms with Crippen LogP contribution in [0.1, 0.15) is 13.8 Å². The maximum absolute atomic E-state index is 11.3. The number of carbonyl (C=O) groups excluding carboxylic acids is 2. The summed E-state index contributed by atoms with van der Waals surface area (Å²) >= 11 is 0. The third kappa shape index (κ3) is 9.97. The van der Waals surface area contributed by atoms with E-state index >= 15 is 0 Å². The standard InChI is InChI=1S/C12H19O8P/c1-9(2)11(13)17-5-7-19-21(15,16)20-8-6-18-12(14)10(3)4/h1,3,5-8H2,2,4H3,(H,15,16)/p-1. The molecule has 0 aliphatic rings. The van der Waals surface area contributed by atoms with Gasteiger partial charge in [0.25, 0.3) is 7.82 Å². The molecule has 0 aromatic carbocycles. The van der Waals surface area contributed by atoms with E-state index in [1.807, 2.05) is 0 Å². The van der Waals surface area contributed by atoms with Crippen LogP contribution in [0.3, 0.4) is 0 Å². The monoisotopic (exact) mass is 321 g/mol. The number of hydrogen-bond donors (Lipinski definition) is 0. The summed E-state index contributed by atoms with van der Waals surface area (Å²) in [7, 11) is -4.54. The van der Waals surface area contributed by atoms with E-state index in [-0.39, 0.29) is 37.6 Å². The number of phosphoric ester groups is 1. The molecular formula is C12H18O8P-. The molecule has 0 unspecified atom stereocenters. The van der Waals surface area contributed by atoms with Crippen LogP contribution in [0.2, 0.25) is 0 Å². The van der Waals surface area contributed by atoms with Gasteiger partial charge in [0.15, 0.2) is 0 Å². The van der Waals surface area contributed by atoms with Crippen LogP contribution >= 0.6 is 7.82 Å². The fourth-order valence-corrected chi connectivity index (χ4v) is 1.52. The van der Waals surface area contributed by atoms with Gasteiger partial charge in [0, 0.05) is 11.1 Å². The summed E-state index contributed by atoms with van der Waals surface area (Å²) in [6, 6.07) is 0. The Morgan fingerprint density at radius 2 is 1.24 bits per heavy atom. The predicted molar refractivity (Wildman–Crippen MR) is 71.1 cm³/mol. The van der Waals surface area contributed by atoms with Crippen LogP contribution in [0.15, 0.2) is 24.3 Å². The number of rotatable bonds is 10. The van der Waals surface area contributed by atoms with Crippen LogP contribution in [0.4, 0.5) is 0 Å². The SMILES string of the molecule is C=C(C)C(=O)OCCOP(=O)([O-])OCCOC(=O)C(=C)C. The number of phosphoric acid groups is 1. The molecule has 0 heterocycles. The molecule has 0 aliphatic carbocycles. The molecule has 0 atom stereocenters. The average Bonchev–Trinajstić information content (AvgIpc) is 2.38. The van der Waals surface area contributed by atoms with Gasteiger partial charge in [0.05, 0.1) is 13.2 Å². The van der Waals surface area contributed by atoms with E-state index in [9.17, 15) is 19.0 Å². The maximum Gasteiger partial charge on any atom is 0.333 e. The number of hydrogen-bond acceptors (Lipinski definition) is 8. The molecule has 0 aromatic rings. The van der Waals surface area contributed by atoms with Gasteiger partial charge in [0.2, 0.25) is 0 Å². The van der Waals surface area contributed by atoms with Gasteiger partial charge in [-0.1, -0.05) is 13.2 Å². The van der Waals surface area contributed by atoms with Gasteiger partial charge in [-0.2, -0.15) is 0 Å². The number of carbonyl (C=O) groups is 2. The van der Waals surface area contributed by atoms with Crippen LogP contribution < -0.4 is 4.89 Å². The van der Waals surface area contributed by atoms with E-state index in [0.717, 1.165) is 0 Å². The molecule has 0 fully saturated rings. The fraction of sp³-hybridized carbons (Fsp3) is 0.500. The van der Waals surface area contributed by atoms with Gasteiger partial charge in [0.1, 0.15) is 13.2 Å². The summed E-state index contributed by atoms with van der Waals surface area (Å²) in [4.78, 5) is 33.2. The van der Waals surface area contributed by atoms with Crippen LogP contribution in [0, 0.1) is 0 Å². The molecule has 0 aromatic heterocycles. The van der Waals surface area contributed by atoms with E-state index in [1.165, 1.54) is 13.8 Å². The minimum atomic E-state index is -4.54. The van der Waals surface area contributed by atoms with Crippen molar-refractivity contribution in [2.24, 2.45) is 0 Å². The van der Waals surface area contributed by atoms with Crippen molar-refractivity contribution in [2.75, 3.05) is 26.4 Å². The van der Waals surface area contributed by atoms with Gasteiger partial charge in [-0.15, -0.1) is 0 Å². The van der Waals surface area contributed by atoms with Crippen molar-refractivity contribution >= 4 is 19.8 Å². The topological polar surface area (TPSA) is 111 Å². The first-order chi connectivity index (χ1) is 9.65. The second kappa shape index (κ2) is 9.46. The molecule has 0 spiro atoms. The molecule has 0 rings (SSSR count). The lowest BCUT2D eigenvalue weighted by atomic mass is 10.4. The summed E-state index contributed by atoms with van der Waals surface area (Å²) in [6.07, 6.45) is 0. The van der Waals surface area contributed by atoms with Gasteiger partial charge in [-0.05, 0) is 13.8 Å². The summed E-state index contributed by atoms with van der Waals surface area (Å²) in [5.74, 6) is -1.29. The maximum atomic E-state index is 11.3. The second-order valence-electron chi connectivity index (χ2n) is 3.95. The quantitative estimate of drug-likeness (QED) is 0.250. The molecule has 21 heavy (non-hydrogen) atoms. The smallest absolute Gasteiger partial charge is 0.333 e. The van der Waals surface area contributed by atoms with Gasteiger partial charge in [-0.3, -0.25) is 4.57 Å². The van der Waals surface area contributed by atoms with Crippen molar-refractivity contribution in [1.82, 2.24) is 0 Å². The van der Waals surface area contributed by atoms with E-state index in [0.29, 0.717) is 0 Å². The molecule has 0 saturated carbocycles. The summed E-state index contributed by atoms with van der Waals surface area (Å²) in [6.45, 7) is 8.34. The van der Waals surface area contributed by atoms with E-state index in [1.54, 1.807) is 0 Å². The zero-order chi connectivity index (χ0) is 16.5. The van der Waals surface area contributed by atoms with E-state index in [4.69, 9.17) is 0 Å². The Labute approximate surface area is 122 Å². The Hall–Kier alpha value is -1.47. The highest BCUT2D eigenvalue weighted by atomic mass is 31.2. The first-order valence-corrected chi connectivity index (χ1v) is 7.37. The highest BCUT2D eigenvalue weighted by Gasteiger charge is 2.11. The number of ether oxygens (including phenoxy) is 2. The molecule has 0 aliphatic heterocycles. The first kappa shape index (κ1) is 19.5. The van der Waals surface area contributed by atoms with Gasteiger partial charge < -0.3 is 23.4 Å². The lowest BCUT2D eigenvalue weighted by Crippen LogP contribution is -2.16. The van der Waals surface area contributed by atoms with Gasteiger partial charge >= 0.3 is 11.9 Å². The van der Waals surface area contributed by atoms with Crippen LogP contribution in [0.5, 0.6) is 0 Å². The van der Waals surface area contributed by atoms with Crippen LogP contribution in [-0.4, -0.2) is 38.4 Å². The Kier molecular flexibility index (Phi) is 8.80. The van der Waals surface area contributed by atoms with Crippen molar-refractivity contribution in [2.45, 2.75) is 13.8 Å². The van der Waals surface area contributed by atoms with Crippen molar-refractivity contribution in [3.63, 3.8) is 0 Å². The zero-order valence-electron chi connectivity index (χ0n) is 12.0. The Bertz CT molecular complexity index is 418. The molecule has 0 bridgehead atoms. The minimum Gasteiger partial charge on any atom is -0.756 e. The molecule has 120 valence electrons. The molecule has 0 N–H and O–H groups in total. The zero-order valence-corrected chi connectivity index (χ0v) is 12.9. The largest absolute Gasteiger partial charge is 0.756 e. The summed E-state index contributed by atoms with van der Waals surface area (Å²) < 4.78 is 29.4. The summed E-state index contributed by atoms with van der Waals surface area (Å²) in [5.41, 5.74) is 0.381. The minimum absolute atomic E-state index is 0.191. The molecule has 0 amide bonds. The molecule has 9 heteroatoms. The fourth-order valence-electron chi connectivity index (χ4n) is 0.851. The second-order valence-corrected chi connectivity index (χ2v) is 5.36. The highest BCUT2D eigenvalue weighted by Crippen LogP contribution is 2.37. The molecular weight excluding hydrogens is 303 g/mol. The molecule has 0 radical (unpaired) electrons. The normalized spacial score (nSPS) is 10.8. The predicted octanol–water partition coefficient (Wildman–Crippen LogP) is 0.727. The van der Waals surface area contributed by atoms with Crippen molar-refractivity contribution in [1.29, 1.82) is 0 Å². The average molecular weight is 321 g/mol. The van der Waals surface area contributed by atoms with Crippen molar-refractivity contribution in [3.8, 4) is 0 Å². The van der Waals surface area contributed by atoms with Crippen molar-refractivity contribution < 1.29 is 37.6 Å².